The van der Waals surface area contributed by atoms with Gasteiger partial charge in [0, 0.05) is 5.75 Å². The van der Waals surface area contributed by atoms with Gasteiger partial charge in [0.1, 0.15) is 6.61 Å². The molecule has 1 aromatic carbocycles. The molecule has 0 atom stereocenters. The van der Waals surface area contributed by atoms with Gasteiger partial charge in [-0.2, -0.15) is 12.6 Å². The van der Waals surface area contributed by atoms with Crippen molar-refractivity contribution in [3.63, 3.8) is 0 Å². The Morgan fingerprint density at radius 2 is 1.95 bits per heavy atom. The summed E-state index contributed by atoms with van der Waals surface area (Å²) in [7, 11) is 2.85. The fraction of sp³-hybridized carbons (Fsp3) is 0.462. The smallest absolute Gasteiger partial charge is 0.337 e. The van der Waals surface area contributed by atoms with Crippen LogP contribution in [0, 0.1) is 0 Å². The van der Waals surface area contributed by atoms with Crippen molar-refractivity contribution in [3.8, 4) is 11.5 Å². The Labute approximate surface area is 118 Å². The van der Waals surface area contributed by atoms with Gasteiger partial charge >= 0.3 is 5.97 Å². The maximum Gasteiger partial charge on any atom is 0.337 e. The minimum atomic E-state index is -0.415. The van der Waals surface area contributed by atoms with E-state index in [4.69, 9.17) is 14.2 Å². The van der Waals surface area contributed by atoms with E-state index in [1.807, 2.05) is 0 Å². The zero-order chi connectivity index (χ0) is 14.1. The predicted molar refractivity (Wildman–Crippen MR) is 74.5 cm³/mol. The first-order chi connectivity index (χ1) is 9.22. The second kappa shape index (κ2) is 8.66. The van der Waals surface area contributed by atoms with Crippen LogP contribution in [0.3, 0.4) is 0 Å². The molecule has 0 radical (unpaired) electrons. The summed E-state index contributed by atoms with van der Waals surface area (Å²) in [6.45, 7) is 1.47. The molecule has 0 heterocycles. The van der Waals surface area contributed by atoms with Crippen LogP contribution in [0.1, 0.15) is 10.4 Å². The molecule has 106 valence electrons. The molecule has 0 aliphatic rings. The number of carbonyl (C=O) groups is 1. The molecule has 5 nitrogen and oxygen atoms in total. The van der Waals surface area contributed by atoms with Crippen molar-refractivity contribution in [2.45, 2.75) is 0 Å². The lowest BCUT2D eigenvalue weighted by molar-refractivity contribution is 0.0600. The minimum Gasteiger partial charge on any atom is -0.493 e. The normalized spacial score (nSPS) is 10.1. The van der Waals surface area contributed by atoms with Gasteiger partial charge in [0.25, 0.3) is 0 Å². The average Bonchev–Trinajstić information content (AvgIpc) is 2.46. The molecule has 6 heteroatoms. The SMILES string of the molecule is COC(=O)c1ccc(OCCOCCS)c(OC)c1. The first kappa shape index (κ1) is 15.7. The number of methoxy groups -OCH3 is 2. The highest BCUT2D eigenvalue weighted by Gasteiger charge is 2.11. The number of benzene rings is 1. The van der Waals surface area contributed by atoms with Gasteiger partial charge in [0.05, 0.1) is 33.0 Å². The van der Waals surface area contributed by atoms with Gasteiger partial charge in [0.2, 0.25) is 0 Å². The summed E-state index contributed by atoms with van der Waals surface area (Å²) < 4.78 is 20.6. The minimum absolute atomic E-state index is 0.404. The molecular weight excluding hydrogens is 268 g/mol. The standard InChI is InChI=1S/C13H18O5S/c1-15-12-9-10(13(14)16-2)3-4-11(12)18-6-5-17-7-8-19/h3-4,9,19H,5-8H2,1-2H3. The zero-order valence-electron chi connectivity index (χ0n) is 11.0. The molecule has 0 saturated heterocycles. The number of esters is 1. The first-order valence-electron chi connectivity index (χ1n) is 5.80. The van der Waals surface area contributed by atoms with E-state index in [9.17, 15) is 4.79 Å². The number of rotatable bonds is 8. The maximum absolute atomic E-state index is 11.4. The number of hydrogen-bond donors (Lipinski definition) is 1. The molecule has 0 saturated carbocycles. The predicted octanol–water partition coefficient (Wildman–Crippen LogP) is 1.81. The summed E-state index contributed by atoms with van der Waals surface area (Å²) in [5.74, 6) is 1.31. The second-order valence-corrected chi connectivity index (χ2v) is 3.99. The molecule has 0 amide bonds. The Morgan fingerprint density at radius 3 is 2.58 bits per heavy atom. The fourth-order valence-electron chi connectivity index (χ4n) is 1.41. The molecule has 0 spiro atoms. The van der Waals surface area contributed by atoms with Crippen molar-refractivity contribution in [3.05, 3.63) is 23.8 Å². The van der Waals surface area contributed by atoms with Crippen molar-refractivity contribution in [2.24, 2.45) is 0 Å². The van der Waals surface area contributed by atoms with Gasteiger partial charge in [-0.05, 0) is 18.2 Å². The molecule has 1 rings (SSSR count). The van der Waals surface area contributed by atoms with E-state index in [0.29, 0.717) is 42.6 Å². The lowest BCUT2D eigenvalue weighted by Crippen LogP contribution is -2.09. The van der Waals surface area contributed by atoms with Gasteiger partial charge in [-0.25, -0.2) is 4.79 Å². The highest BCUT2D eigenvalue weighted by Crippen LogP contribution is 2.28. The van der Waals surface area contributed by atoms with Crippen LogP contribution in [0.2, 0.25) is 0 Å². The Balaban J connectivity index is 2.60. The zero-order valence-corrected chi connectivity index (χ0v) is 11.9. The van der Waals surface area contributed by atoms with Crippen molar-refractivity contribution >= 4 is 18.6 Å². The van der Waals surface area contributed by atoms with Crippen molar-refractivity contribution in [2.75, 3.05) is 39.8 Å². The van der Waals surface area contributed by atoms with Crippen LogP contribution < -0.4 is 9.47 Å². The third-order valence-electron chi connectivity index (χ3n) is 2.31. The Morgan fingerprint density at radius 1 is 1.16 bits per heavy atom. The van der Waals surface area contributed by atoms with Crippen LogP contribution in [0.5, 0.6) is 11.5 Å². The molecule has 0 aromatic heterocycles. The van der Waals surface area contributed by atoms with Gasteiger partial charge in [-0.15, -0.1) is 0 Å². The van der Waals surface area contributed by atoms with Crippen LogP contribution >= 0.6 is 12.6 Å². The summed E-state index contributed by atoms with van der Waals surface area (Å²) in [4.78, 5) is 11.4. The lowest BCUT2D eigenvalue weighted by Gasteiger charge is -2.11. The summed E-state index contributed by atoms with van der Waals surface area (Å²) in [5.41, 5.74) is 0.415. The molecule has 0 aliphatic carbocycles. The van der Waals surface area contributed by atoms with Crippen molar-refractivity contribution in [1.82, 2.24) is 0 Å². The number of carbonyl (C=O) groups excluding carboxylic acids is 1. The monoisotopic (exact) mass is 286 g/mol. The van der Waals surface area contributed by atoms with Gasteiger partial charge in [0.15, 0.2) is 11.5 Å². The third kappa shape index (κ3) is 5.00. The van der Waals surface area contributed by atoms with Gasteiger partial charge < -0.3 is 18.9 Å². The molecular formula is C13H18O5S. The van der Waals surface area contributed by atoms with E-state index in [0.717, 1.165) is 0 Å². The fourth-order valence-corrected chi connectivity index (χ4v) is 1.54. The van der Waals surface area contributed by atoms with E-state index in [1.165, 1.54) is 14.2 Å². The van der Waals surface area contributed by atoms with Crippen LogP contribution in [0.15, 0.2) is 18.2 Å². The van der Waals surface area contributed by atoms with Crippen LogP contribution in [0.25, 0.3) is 0 Å². The number of hydrogen-bond acceptors (Lipinski definition) is 6. The van der Waals surface area contributed by atoms with Crippen LogP contribution in [0.4, 0.5) is 0 Å². The first-order valence-corrected chi connectivity index (χ1v) is 6.44. The Hall–Kier alpha value is -1.40. The molecule has 0 fully saturated rings. The Bertz CT molecular complexity index is 408. The summed E-state index contributed by atoms with van der Waals surface area (Å²) in [6, 6.07) is 4.87. The van der Waals surface area contributed by atoms with E-state index < -0.39 is 5.97 Å². The average molecular weight is 286 g/mol. The van der Waals surface area contributed by atoms with Crippen LogP contribution in [-0.4, -0.2) is 45.8 Å². The molecule has 0 aliphatic heterocycles. The lowest BCUT2D eigenvalue weighted by atomic mass is 10.2. The third-order valence-corrected chi connectivity index (χ3v) is 2.49. The van der Waals surface area contributed by atoms with Gasteiger partial charge in [-0.1, -0.05) is 0 Å². The van der Waals surface area contributed by atoms with E-state index in [-0.39, 0.29) is 0 Å². The van der Waals surface area contributed by atoms with Crippen LogP contribution in [-0.2, 0) is 9.47 Å². The topological polar surface area (TPSA) is 54.0 Å². The van der Waals surface area contributed by atoms with Crippen molar-refractivity contribution in [1.29, 1.82) is 0 Å². The molecule has 0 unspecified atom stereocenters. The summed E-state index contributed by atoms with van der Waals surface area (Å²) in [6.07, 6.45) is 0. The second-order valence-electron chi connectivity index (χ2n) is 3.54. The number of ether oxygens (including phenoxy) is 4. The number of thiol groups is 1. The summed E-state index contributed by atoms with van der Waals surface area (Å²) in [5, 5.41) is 0. The highest BCUT2D eigenvalue weighted by atomic mass is 32.1. The summed E-state index contributed by atoms with van der Waals surface area (Å²) >= 11 is 4.03. The maximum atomic E-state index is 11.4. The van der Waals surface area contributed by atoms with Crippen molar-refractivity contribution < 1.29 is 23.7 Å². The van der Waals surface area contributed by atoms with Gasteiger partial charge in [-0.3, -0.25) is 0 Å². The van der Waals surface area contributed by atoms with E-state index in [2.05, 4.69) is 17.4 Å². The molecule has 0 N–H and O–H groups in total. The molecule has 19 heavy (non-hydrogen) atoms. The highest BCUT2D eigenvalue weighted by molar-refractivity contribution is 7.80. The largest absolute Gasteiger partial charge is 0.493 e. The molecule has 0 bridgehead atoms. The Kier molecular flexibility index (Phi) is 7.14. The van der Waals surface area contributed by atoms with E-state index >= 15 is 0 Å². The molecule has 1 aromatic rings. The quantitative estimate of drug-likeness (QED) is 0.449. The van der Waals surface area contributed by atoms with E-state index in [1.54, 1.807) is 18.2 Å².